The van der Waals surface area contributed by atoms with E-state index in [1.807, 2.05) is 6.92 Å². The molecule has 1 aliphatic carbocycles. The summed E-state index contributed by atoms with van der Waals surface area (Å²) in [6, 6.07) is 6.64. The quantitative estimate of drug-likeness (QED) is 0.456. The molecule has 0 aliphatic heterocycles. The van der Waals surface area contributed by atoms with Crippen LogP contribution in [0.3, 0.4) is 0 Å². The lowest BCUT2D eigenvalue weighted by molar-refractivity contribution is 0.0298. The number of rotatable bonds is 6. The van der Waals surface area contributed by atoms with Crippen LogP contribution in [0.5, 0.6) is 0 Å². The maximum Gasteiger partial charge on any atom is 0.297 e. The summed E-state index contributed by atoms with van der Waals surface area (Å²) in [6.45, 7) is 2.26. The van der Waals surface area contributed by atoms with Gasteiger partial charge in [-0.25, -0.2) is 0 Å². The van der Waals surface area contributed by atoms with Crippen molar-refractivity contribution in [1.29, 1.82) is 0 Å². The van der Waals surface area contributed by atoms with Crippen molar-refractivity contribution in [3.8, 4) is 0 Å². The van der Waals surface area contributed by atoms with Gasteiger partial charge in [0.1, 0.15) is 0 Å². The molecule has 1 aromatic rings. The highest BCUT2D eigenvalue weighted by molar-refractivity contribution is 7.86. The van der Waals surface area contributed by atoms with Gasteiger partial charge >= 0.3 is 0 Å². The summed E-state index contributed by atoms with van der Waals surface area (Å²) in [5, 5.41) is 0. The van der Waals surface area contributed by atoms with Crippen molar-refractivity contribution in [1.82, 2.24) is 0 Å². The van der Waals surface area contributed by atoms with Crippen LogP contribution in [-0.2, 0) is 19.0 Å². The van der Waals surface area contributed by atoms with Crippen LogP contribution in [-0.4, -0.2) is 27.7 Å². The summed E-state index contributed by atoms with van der Waals surface area (Å²) in [4.78, 5) is 0.187. The van der Waals surface area contributed by atoms with Crippen LogP contribution in [0.1, 0.15) is 37.7 Å². The Morgan fingerprint density at radius 3 is 2.64 bits per heavy atom. The van der Waals surface area contributed by atoms with E-state index in [-0.39, 0.29) is 17.6 Å². The van der Waals surface area contributed by atoms with Gasteiger partial charge in [-0.2, -0.15) is 8.42 Å². The minimum atomic E-state index is -3.69. The molecule has 5 heteroatoms. The molecule has 0 heterocycles. The van der Waals surface area contributed by atoms with Gasteiger partial charge in [-0.1, -0.05) is 36.3 Å². The van der Waals surface area contributed by atoms with Crippen LogP contribution in [0, 0.1) is 6.92 Å². The number of hydrogen-bond acceptors (Lipinski definition) is 4. The minimum absolute atomic E-state index is 0.0520. The van der Waals surface area contributed by atoms with Crippen molar-refractivity contribution >= 4 is 10.1 Å². The van der Waals surface area contributed by atoms with Crippen LogP contribution in [0.4, 0.5) is 0 Å². The van der Waals surface area contributed by atoms with Crippen molar-refractivity contribution in [2.24, 2.45) is 0 Å². The number of ether oxygens (including phenoxy) is 1. The van der Waals surface area contributed by atoms with Gasteiger partial charge in [0.05, 0.1) is 24.2 Å². The molecule has 2 rings (SSSR count). The molecule has 0 saturated carbocycles. The van der Waals surface area contributed by atoms with Crippen LogP contribution in [0.15, 0.2) is 41.3 Å². The molecule has 0 fully saturated rings. The third kappa shape index (κ3) is 5.55. The summed E-state index contributed by atoms with van der Waals surface area (Å²) in [5.41, 5.74) is 1.01. The molecular weight excluding hydrogens is 300 g/mol. The van der Waals surface area contributed by atoms with Gasteiger partial charge in [0.15, 0.2) is 0 Å². The average Bonchev–Trinajstić information content (AvgIpc) is 2.45. The predicted octanol–water partition coefficient (Wildman–Crippen LogP) is 3.61. The molecule has 0 amide bonds. The van der Waals surface area contributed by atoms with Gasteiger partial charge in [0, 0.05) is 0 Å². The molecule has 0 radical (unpaired) electrons. The number of hydrogen-bond donors (Lipinski definition) is 0. The zero-order chi connectivity index (χ0) is 15.8. The Morgan fingerprint density at radius 1 is 1.09 bits per heavy atom. The number of aryl methyl sites for hydroxylation is 1. The normalized spacial score (nSPS) is 21.0. The summed E-state index contributed by atoms with van der Waals surface area (Å²) >= 11 is 0. The maximum atomic E-state index is 12.0. The third-order valence-corrected chi connectivity index (χ3v) is 5.02. The largest absolute Gasteiger partial charge is 0.375 e. The van der Waals surface area contributed by atoms with Gasteiger partial charge in [0.2, 0.25) is 0 Å². The van der Waals surface area contributed by atoms with Gasteiger partial charge in [0.25, 0.3) is 10.1 Å². The highest BCUT2D eigenvalue weighted by Gasteiger charge is 2.15. The lowest BCUT2D eigenvalue weighted by Gasteiger charge is -2.17. The van der Waals surface area contributed by atoms with Crippen molar-refractivity contribution in [3.63, 3.8) is 0 Å². The molecule has 4 nitrogen and oxygen atoms in total. The SMILES string of the molecule is Cc1ccc(S(=O)(=O)OCCOC2C/C=C/CCCC2)cc1. The first-order valence-corrected chi connectivity index (χ1v) is 9.21. The van der Waals surface area contributed by atoms with Crippen molar-refractivity contribution in [2.75, 3.05) is 13.2 Å². The Bertz CT molecular complexity index is 575. The van der Waals surface area contributed by atoms with Gasteiger partial charge < -0.3 is 4.74 Å². The smallest absolute Gasteiger partial charge is 0.297 e. The van der Waals surface area contributed by atoms with Gasteiger partial charge in [-0.05, 0) is 44.7 Å². The highest BCUT2D eigenvalue weighted by atomic mass is 32.2. The summed E-state index contributed by atoms with van der Waals surface area (Å²) < 4.78 is 34.8. The first-order valence-electron chi connectivity index (χ1n) is 7.80. The van der Waals surface area contributed by atoms with Crippen molar-refractivity contribution in [3.05, 3.63) is 42.0 Å². The van der Waals surface area contributed by atoms with Gasteiger partial charge in [-0.3, -0.25) is 4.18 Å². The fourth-order valence-electron chi connectivity index (χ4n) is 2.40. The Kier molecular flexibility index (Phi) is 6.61. The molecule has 22 heavy (non-hydrogen) atoms. The second kappa shape index (κ2) is 8.46. The summed E-state index contributed by atoms with van der Waals surface area (Å²) in [5.74, 6) is 0. The fraction of sp³-hybridized carbons (Fsp3) is 0.529. The molecule has 1 aliphatic rings. The lowest BCUT2D eigenvalue weighted by atomic mass is 10.0. The molecular formula is C17H24O4S. The van der Waals surface area contributed by atoms with E-state index < -0.39 is 10.1 Å². The lowest BCUT2D eigenvalue weighted by Crippen LogP contribution is -2.18. The average molecular weight is 324 g/mol. The Morgan fingerprint density at radius 2 is 1.86 bits per heavy atom. The molecule has 1 atom stereocenters. The molecule has 0 saturated heterocycles. The van der Waals surface area contributed by atoms with E-state index in [0.717, 1.165) is 31.2 Å². The minimum Gasteiger partial charge on any atom is -0.375 e. The topological polar surface area (TPSA) is 52.6 Å². The summed E-state index contributed by atoms with van der Waals surface area (Å²) in [6.07, 6.45) is 9.90. The predicted molar refractivity (Wildman–Crippen MR) is 86.3 cm³/mol. The van der Waals surface area contributed by atoms with E-state index >= 15 is 0 Å². The molecule has 0 spiro atoms. The number of benzene rings is 1. The van der Waals surface area contributed by atoms with Crippen molar-refractivity contribution < 1.29 is 17.3 Å². The Balaban J connectivity index is 1.76. The molecule has 1 aromatic carbocycles. The fourth-order valence-corrected chi connectivity index (χ4v) is 3.29. The van der Waals surface area contributed by atoms with Gasteiger partial charge in [-0.15, -0.1) is 0 Å². The maximum absolute atomic E-state index is 12.0. The molecule has 0 aromatic heterocycles. The van der Waals surface area contributed by atoms with E-state index in [1.165, 1.54) is 6.42 Å². The first-order chi connectivity index (χ1) is 10.6. The van der Waals surface area contributed by atoms with E-state index in [4.69, 9.17) is 8.92 Å². The van der Waals surface area contributed by atoms with Crippen LogP contribution in [0.25, 0.3) is 0 Å². The van der Waals surface area contributed by atoms with Crippen LogP contribution >= 0.6 is 0 Å². The Hall–Kier alpha value is -1.17. The Labute approximate surface area is 133 Å². The molecule has 0 bridgehead atoms. The number of allylic oxidation sites excluding steroid dienone is 1. The zero-order valence-corrected chi connectivity index (χ0v) is 13.8. The second-order valence-electron chi connectivity index (χ2n) is 5.57. The second-order valence-corrected chi connectivity index (χ2v) is 7.19. The van der Waals surface area contributed by atoms with E-state index in [1.54, 1.807) is 24.3 Å². The third-order valence-electron chi connectivity index (χ3n) is 3.70. The standard InChI is InChI=1S/C17H24O4S/c1-15-9-11-17(12-10-15)22(18,19)21-14-13-20-16-7-5-3-2-4-6-8-16/h3,5,9-12,16H,2,4,6-8,13-14H2,1H3/b5-3+. The monoisotopic (exact) mass is 324 g/mol. The molecule has 122 valence electrons. The zero-order valence-electron chi connectivity index (χ0n) is 13.0. The van der Waals surface area contributed by atoms with Crippen LogP contribution < -0.4 is 0 Å². The van der Waals surface area contributed by atoms with E-state index in [2.05, 4.69) is 12.2 Å². The van der Waals surface area contributed by atoms with Crippen molar-refractivity contribution in [2.45, 2.75) is 50.0 Å². The van der Waals surface area contributed by atoms with Crippen LogP contribution in [0.2, 0.25) is 0 Å². The molecule has 1 unspecified atom stereocenters. The first kappa shape index (κ1) is 17.2. The van der Waals surface area contributed by atoms with E-state index in [9.17, 15) is 8.42 Å². The highest BCUT2D eigenvalue weighted by Crippen LogP contribution is 2.16. The molecule has 0 N–H and O–H groups in total. The van der Waals surface area contributed by atoms with E-state index in [0.29, 0.717) is 6.61 Å². The summed E-state index contributed by atoms with van der Waals surface area (Å²) in [7, 11) is -3.69.